The van der Waals surface area contributed by atoms with Gasteiger partial charge in [0.2, 0.25) is 0 Å². The Labute approximate surface area is 241 Å². The normalized spacial score (nSPS) is 20.7. The quantitative estimate of drug-likeness (QED) is 0.408. The van der Waals surface area contributed by atoms with Crippen LogP contribution in [0, 0.1) is 5.92 Å². The van der Waals surface area contributed by atoms with Crippen LogP contribution in [-0.4, -0.2) is 104 Å². The number of nitrogens with zero attached hydrogens (tertiary/aromatic N) is 4. The summed E-state index contributed by atoms with van der Waals surface area (Å²) in [5, 5.41) is 30.2. The summed E-state index contributed by atoms with van der Waals surface area (Å²) in [6.07, 6.45) is -8.68. The number of likely N-dealkylation sites (tertiary alicyclic amines) is 2. The molecule has 0 amide bonds. The first-order valence-electron chi connectivity index (χ1n) is 12.0. The van der Waals surface area contributed by atoms with Gasteiger partial charge in [-0.1, -0.05) is 0 Å². The van der Waals surface area contributed by atoms with Crippen LogP contribution in [0.1, 0.15) is 18.4 Å². The first-order chi connectivity index (χ1) is 19.6. The molecule has 10 nitrogen and oxygen atoms in total. The van der Waals surface area contributed by atoms with Gasteiger partial charge in [-0.3, -0.25) is 14.5 Å². The number of halogens is 9. The molecule has 2 saturated heterocycles. The third-order valence-electron chi connectivity index (χ3n) is 6.12. The number of carboxylic acids is 3. The highest BCUT2D eigenvalue weighted by Gasteiger charge is 2.42. The largest absolute Gasteiger partial charge is 0.490 e. The van der Waals surface area contributed by atoms with Gasteiger partial charge in [0.25, 0.3) is 0 Å². The first-order valence-corrected chi connectivity index (χ1v) is 12.9. The van der Waals surface area contributed by atoms with Gasteiger partial charge in [0.05, 0.1) is 6.54 Å². The Morgan fingerprint density at radius 3 is 1.86 bits per heavy atom. The SMILES string of the molecule is CN1C(Cn2cccn2)C[C@@H]2CN(Cc3ccsc3)CC[C@@H]21.O=C(O)C(F)(F)F.O=C(O)C(F)(F)F.O=C(O)C(F)(F)F. The molecule has 0 saturated carbocycles. The zero-order valence-corrected chi connectivity index (χ0v) is 22.9. The van der Waals surface area contributed by atoms with Crippen molar-refractivity contribution in [2.45, 2.75) is 56.5 Å². The van der Waals surface area contributed by atoms with Crippen LogP contribution in [0.2, 0.25) is 0 Å². The maximum Gasteiger partial charge on any atom is 0.490 e. The van der Waals surface area contributed by atoms with Gasteiger partial charge in [0, 0.05) is 37.6 Å². The van der Waals surface area contributed by atoms with Crippen molar-refractivity contribution >= 4 is 29.2 Å². The zero-order valence-electron chi connectivity index (χ0n) is 22.1. The van der Waals surface area contributed by atoms with E-state index in [0.29, 0.717) is 6.04 Å². The Morgan fingerprint density at radius 1 is 0.953 bits per heavy atom. The number of carboxylic acid groups (broad SMARTS) is 3. The Hall–Kier alpha value is -3.39. The average Bonchev–Trinajstić information content (AvgIpc) is 3.62. The smallest absolute Gasteiger partial charge is 0.475 e. The summed E-state index contributed by atoms with van der Waals surface area (Å²) in [7, 11) is 2.31. The summed E-state index contributed by atoms with van der Waals surface area (Å²) >= 11 is 1.81. The van der Waals surface area contributed by atoms with Gasteiger partial charge in [-0.2, -0.15) is 55.9 Å². The van der Waals surface area contributed by atoms with Crippen LogP contribution in [0.4, 0.5) is 39.5 Å². The molecule has 4 heterocycles. The van der Waals surface area contributed by atoms with Crippen molar-refractivity contribution in [2.24, 2.45) is 5.92 Å². The minimum atomic E-state index is -5.08. The van der Waals surface area contributed by atoms with E-state index in [0.717, 1.165) is 25.0 Å². The molecule has 2 aromatic heterocycles. The standard InChI is InChI=1S/C17H24N4S.3C2HF3O2/c1-19-16(12-21-6-2-5-18-21)9-15-11-20(7-3-17(15)19)10-14-4-8-22-13-14;3*3-2(4,5)1(6)7/h2,4-6,8,13,15-17H,3,7,9-12H2,1H3;3*(H,6,7)/t15-,16?,17+;;;/m1.../s1. The van der Waals surface area contributed by atoms with Crippen molar-refractivity contribution in [1.29, 1.82) is 0 Å². The Kier molecular flexibility index (Phi) is 13.9. The highest BCUT2D eigenvalue weighted by molar-refractivity contribution is 7.07. The fourth-order valence-electron chi connectivity index (χ4n) is 4.26. The highest BCUT2D eigenvalue weighted by Crippen LogP contribution is 2.35. The van der Waals surface area contributed by atoms with E-state index in [1.165, 1.54) is 31.5 Å². The second kappa shape index (κ2) is 15.9. The molecule has 4 rings (SSSR count). The van der Waals surface area contributed by atoms with Crippen LogP contribution in [0.15, 0.2) is 35.3 Å². The van der Waals surface area contributed by atoms with Crippen LogP contribution in [0.5, 0.6) is 0 Å². The number of alkyl halides is 9. The van der Waals surface area contributed by atoms with Gasteiger partial charge in [0.1, 0.15) is 0 Å². The van der Waals surface area contributed by atoms with Crippen LogP contribution in [-0.2, 0) is 27.5 Å². The minimum absolute atomic E-state index is 0.635. The molecule has 2 aliphatic rings. The highest BCUT2D eigenvalue weighted by atomic mass is 32.1. The van der Waals surface area contributed by atoms with Gasteiger partial charge >= 0.3 is 36.4 Å². The molecule has 0 aliphatic carbocycles. The fourth-order valence-corrected chi connectivity index (χ4v) is 4.92. The summed E-state index contributed by atoms with van der Waals surface area (Å²) < 4.78 is 97.3. The van der Waals surface area contributed by atoms with E-state index < -0.39 is 36.4 Å². The van der Waals surface area contributed by atoms with Gasteiger partial charge in [-0.05, 0) is 60.8 Å². The number of rotatable bonds is 4. The fraction of sp³-hybridized carbons (Fsp3) is 0.565. The maximum atomic E-state index is 10.6. The van der Waals surface area contributed by atoms with Crippen LogP contribution in [0.25, 0.3) is 0 Å². The lowest BCUT2D eigenvalue weighted by atomic mass is 9.92. The topological polar surface area (TPSA) is 136 Å². The van der Waals surface area contributed by atoms with E-state index >= 15 is 0 Å². The lowest BCUT2D eigenvalue weighted by Gasteiger charge is -2.37. The number of likely N-dealkylation sites (N-methyl/N-ethyl adjacent to an activating group) is 1. The maximum absolute atomic E-state index is 10.6. The minimum Gasteiger partial charge on any atom is -0.475 e. The van der Waals surface area contributed by atoms with Crippen molar-refractivity contribution in [2.75, 3.05) is 20.1 Å². The molecule has 0 spiro atoms. The van der Waals surface area contributed by atoms with Gasteiger partial charge in [-0.15, -0.1) is 0 Å². The number of fused-ring (bicyclic) bond motifs is 1. The number of hydrogen-bond acceptors (Lipinski definition) is 7. The van der Waals surface area contributed by atoms with Crippen molar-refractivity contribution in [3.05, 3.63) is 40.8 Å². The second-order valence-electron chi connectivity index (χ2n) is 9.17. The van der Waals surface area contributed by atoms with Crippen LogP contribution in [0.3, 0.4) is 0 Å². The number of piperidine rings is 1. The molecule has 2 aromatic rings. The van der Waals surface area contributed by atoms with E-state index in [1.54, 1.807) is 11.3 Å². The summed E-state index contributed by atoms with van der Waals surface area (Å²) in [6.45, 7) is 4.64. The molecular weight excluding hydrogens is 631 g/mol. The van der Waals surface area contributed by atoms with E-state index in [1.807, 2.05) is 12.3 Å². The predicted octanol–water partition coefficient (Wildman–Crippen LogP) is 4.44. The summed E-state index contributed by atoms with van der Waals surface area (Å²) in [4.78, 5) is 32.0. The molecule has 3 N–H and O–H groups in total. The van der Waals surface area contributed by atoms with Crippen molar-refractivity contribution in [3.63, 3.8) is 0 Å². The molecule has 3 atom stereocenters. The number of thiophene rings is 1. The number of carbonyl (C=O) groups is 3. The Bertz CT molecular complexity index is 1080. The molecule has 43 heavy (non-hydrogen) atoms. The summed E-state index contributed by atoms with van der Waals surface area (Å²) in [5.41, 5.74) is 1.47. The Morgan fingerprint density at radius 2 is 1.47 bits per heavy atom. The molecule has 0 radical (unpaired) electrons. The Balaban J connectivity index is 0.000000363. The molecule has 20 heteroatoms. The van der Waals surface area contributed by atoms with E-state index in [9.17, 15) is 39.5 Å². The van der Waals surface area contributed by atoms with E-state index in [-0.39, 0.29) is 0 Å². The van der Waals surface area contributed by atoms with Gasteiger partial charge in [0.15, 0.2) is 0 Å². The first kappa shape index (κ1) is 37.6. The lowest BCUT2D eigenvalue weighted by molar-refractivity contribution is -0.193. The summed E-state index contributed by atoms with van der Waals surface area (Å²) in [6, 6.07) is 5.68. The summed E-state index contributed by atoms with van der Waals surface area (Å²) in [5.74, 6) is -7.45. The monoisotopic (exact) mass is 658 g/mol. The van der Waals surface area contributed by atoms with Crippen molar-refractivity contribution in [3.8, 4) is 0 Å². The van der Waals surface area contributed by atoms with Gasteiger partial charge < -0.3 is 15.3 Å². The molecule has 244 valence electrons. The number of aromatic nitrogens is 2. The van der Waals surface area contributed by atoms with Gasteiger partial charge in [-0.25, -0.2) is 14.4 Å². The van der Waals surface area contributed by atoms with Crippen molar-refractivity contribution in [1.82, 2.24) is 19.6 Å². The third kappa shape index (κ3) is 13.6. The molecule has 1 unspecified atom stereocenters. The molecule has 2 aliphatic heterocycles. The van der Waals surface area contributed by atoms with Crippen molar-refractivity contribution < 1.29 is 69.2 Å². The lowest BCUT2D eigenvalue weighted by Crippen LogP contribution is -2.45. The molecule has 2 fully saturated rings. The average molecular weight is 659 g/mol. The number of aliphatic carboxylic acids is 3. The van der Waals surface area contributed by atoms with Crippen LogP contribution >= 0.6 is 11.3 Å². The van der Waals surface area contributed by atoms with E-state index in [2.05, 4.69) is 49.7 Å². The second-order valence-corrected chi connectivity index (χ2v) is 9.95. The van der Waals surface area contributed by atoms with E-state index in [4.69, 9.17) is 29.7 Å². The predicted molar refractivity (Wildman–Crippen MR) is 131 cm³/mol. The third-order valence-corrected chi connectivity index (χ3v) is 6.85. The number of hydrogen-bond donors (Lipinski definition) is 3. The zero-order chi connectivity index (χ0) is 33.2. The molecule has 0 bridgehead atoms. The molecule has 0 aromatic carbocycles. The van der Waals surface area contributed by atoms with Crippen LogP contribution < -0.4 is 0 Å². The molecular formula is C23H27F9N4O6S.